The Morgan fingerprint density at radius 3 is 2.73 bits per heavy atom. The van der Waals surface area contributed by atoms with Crippen LogP contribution in [0.15, 0.2) is 11.3 Å². The molecule has 0 aromatic carbocycles. The van der Waals surface area contributed by atoms with Gasteiger partial charge in [0.25, 0.3) is 0 Å². The molecule has 0 aromatic heterocycles. The number of hydrogen-bond acceptors (Lipinski definition) is 2. The second-order valence-corrected chi connectivity index (χ2v) is 5.72. The zero-order valence-corrected chi connectivity index (χ0v) is 11.4. The summed E-state index contributed by atoms with van der Waals surface area (Å²) in [6.07, 6.45) is 2.81. The van der Waals surface area contributed by atoms with Crippen molar-refractivity contribution in [2.24, 2.45) is 11.8 Å². The van der Waals surface area contributed by atoms with E-state index in [9.17, 15) is 4.79 Å². The SMILES string of the molecule is CC(C)C1CC(=O)C2=C(C1)OC(CI)C2. The van der Waals surface area contributed by atoms with Crippen LogP contribution in [-0.2, 0) is 9.53 Å². The molecule has 2 unspecified atom stereocenters. The largest absolute Gasteiger partial charge is 0.493 e. The molecule has 2 atom stereocenters. The highest BCUT2D eigenvalue weighted by molar-refractivity contribution is 14.1. The predicted molar refractivity (Wildman–Crippen MR) is 68.0 cm³/mol. The van der Waals surface area contributed by atoms with E-state index in [-0.39, 0.29) is 6.10 Å². The van der Waals surface area contributed by atoms with Crippen LogP contribution in [0.3, 0.4) is 0 Å². The molecule has 0 saturated carbocycles. The van der Waals surface area contributed by atoms with Gasteiger partial charge in [-0.3, -0.25) is 4.79 Å². The van der Waals surface area contributed by atoms with Crippen LogP contribution in [0, 0.1) is 11.8 Å². The van der Waals surface area contributed by atoms with Gasteiger partial charge in [-0.1, -0.05) is 36.4 Å². The molecular formula is C12H17IO2. The van der Waals surface area contributed by atoms with Crippen LogP contribution in [0.2, 0.25) is 0 Å². The van der Waals surface area contributed by atoms with E-state index >= 15 is 0 Å². The Hall–Kier alpha value is -0.0600. The number of Topliss-reactive ketones (excluding diaryl/α,β-unsaturated/α-hetero) is 1. The normalized spacial score (nSPS) is 30.8. The Labute approximate surface area is 105 Å². The van der Waals surface area contributed by atoms with Crippen LogP contribution >= 0.6 is 22.6 Å². The fourth-order valence-electron chi connectivity index (χ4n) is 2.33. The van der Waals surface area contributed by atoms with E-state index < -0.39 is 0 Å². The predicted octanol–water partition coefficient (Wildman–Crippen LogP) is 3.10. The molecule has 1 heterocycles. The van der Waals surface area contributed by atoms with Gasteiger partial charge in [-0.05, 0) is 11.8 Å². The molecule has 3 heteroatoms. The monoisotopic (exact) mass is 320 g/mol. The summed E-state index contributed by atoms with van der Waals surface area (Å²) in [5.74, 6) is 2.41. The minimum atomic E-state index is 0.255. The van der Waals surface area contributed by atoms with Gasteiger partial charge in [0.05, 0.1) is 0 Å². The standard InChI is InChI=1S/C12H17IO2/c1-7(2)8-3-11(14)10-5-9(6-13)15-12(10)4-8/h7-9H,3-6H2,1-2H3. The summed E-state index contributed by atoms with van der Waals surface area (Å²) in [4.78, 5) is 11.9. The van der Waals surface area contributed by atoms with Crippen molar-refractivity contribution >= 4 is 28.4 Å². The molecule has 15 heavy (non-hydrogen) atoms. The first-order valence-electron chi connectivity index (χ1n) is 5.59. The van der Waals surface area contributed by atoms with Crippen molar-refractivity contribution in [1.82, 2.24) is 0 Å². The van der Waals surface area contributed by atoms with Crippen molar-refractivity contribution in [3.63, 3.8) is 0 Å². The van der Waals surface area contributed by atoms with Gasteiger partial charge in [0.1, 0.15) is 11.9 Å². The average molecular weight is 320 g/mol. The van der Waals surface area contributed by atoms with Gasteiger partial charge in [-0.25, -0.2) is 0 Å². The summed E-state index contributed by atoms with van der Waals surface area (Å²) in [5, 5.41) is 0. The Bertz CT molecular complexity index is 307. The van der Waals surface area contributed by atoms with Crippen LogP contribution in [-0.4, -0.2) is 16.3 Å². The third-order valence-electron chi connectivity index (χ3n) is 3.42. The van der Waals surface area contributed by atoms with Crippen LogP contribution in [0.1, 0.15) is 33.1 Å². The van der Waals surface area contributed by atoms with Gasteiger partial charge in [0.15, 0.2) is 5.78 Å². The lowest BCUT2D eigenvalue weighted by atomic mass is 9.80. The molecule has 84 valence electrons. The molecule has 2 aliphatic rings. The number of alkyl halides is 1. The van der Waals surface area contributed by atoms with Crippen molar-refractivity contribution in [2.75, 3.05) is 4.43 Å². The second kappa shape index (κ2) is 4.44. The molecular weight excluding hydrogens is 303 g/mol. The molecule has 0 spiro atoms. The summed E-state index contributed by atoms with van der Waals surface area (Å²) in [6.45, 7) is 4.38. The molecule has 2 nitrogen and oxygen atoms in total. The minimum absolute atomic E-state index is 0.255. The Morgan fingerprint density at radius 2 is 2.13 bits per heavy atom. The maximum absolute atomic E-state index is 11.9. The number of carbonyl (C=O) groups excluding carboxylic acids is 1. The summed E-state index contributed by atoms with van der Waals surface area (Å²) < 4.78 is 6.79. The summed E-state index contributed by atoms with van der Waals surface area (Å²) in [7, 11) is 0. The van der Waals surface area contributed by atoms with Gasteiger partial charge in [-0.2, -0.15) is 0 Å². The molecule has 1 aliphatic heterocycles. The Kier molecular flexibility index (Phi) is 3.38. The number of rotatable bonds is 2. The van der Waals surface area contributed by atoms with Gasteiger partial charge in [0, 0.05) is 29.3 Å². The zero-order valence-electron chi connectivity index (χ0n) is 9.25. The summed E-state index contributed by atoms with van der Waals surface area (Å²) in [6, 6.07) is 0. The van der Waals surface area contributed by atoms with E-state index in [1.165, 1.54) is 0 Å². The first-order valence-corrected chi connectivity index (χ1v) is 7.12. The van der Waals surface area contributed by atoms with Crippen molar-refractivity contribution in [2.45, 2.75) is 39.2 Å². The van der Waals surface area contributed by atoms with E-state index in [2.05, 4.69) is 36.4 Å². The van der Waals surface area contributed by atoms with Crippen LogP contribution in [0.25, 0.3) is 0 Å². The van der Waals surface area contributed by atoms with Crippen molar-refractivity contribution < 1.29 is 9.53 Å². The highest BCUT2D eigenvalue weighted by Crippen LogP contribution is 2.39. The number of ether oxygens (including phenoxy) is 1. The Morgan fingerprint density at radius 1 is 1.40 bits per heavy atom. The second-order valence-electron chi connectivity index (χ2n) is 4.84. The number of carbonyl (C=O) groups is 1. The average Bonchev–Trinajstić information content (AvgIpc) is 2.61. The quantitative estimate of drug-likeness (QED) is 0.577. The molecule has 1 aliphatic carbocycles. The van der Waals surface area contributed by atoms with Crippen LogP contribution < -0.4 is 0 Å². The molecule has 0 amide bonds. The molecule has 0 aromatic rings. The van der Waals surface area contributed by atoms with Crippen LogP contribution in [0.5, 0.6) is 0 Å². The zero-order chi connectivity index (χ0) is 11.0. The smallest absolute Gasteiger partial charge is 0.162 e. The fraction of sp³-hybridized carbons (Fsp3) is 0.750. The van der Waals surface area contributed by atoms with E-state index in [0.29, 0.717) is 17.6 Å². The highest BCUT2D eigenvalue weighted by atomic mass is 127. The Balaban J connectivity index is 2.13. The van der Waals surface area contributed by atoms with E-state index in [4.69, 9.17) is 4.74 Å². The van der Waals surface area contributed by atoms with Gasteiger partial charge in [-0.15, -0.1) is 0 Å². The third-order valence-corrected chi connectivity index (χ3v) is 4.41. The van der Waals surface area contributed by atoms with Gasteiger partial charge >= 0.3 is 0 Å². The van der Waals surface area contributed by atoms with Crippen molar-refractivity contribution in [1.29, 1.82) is 0 Å². The first-order chi connectivity index (χ1) is 7.11. The lowest BCUT2D eigenvalue weighted by molar-refractivity contribution is -0.117. The topological polar surface area (TPSA) is 26.3 Å². The minimum Gasteiger partial charge on any atom is -0.493 e. The maximum atomic E-state index is 11.9. The summed E-state index contributed by atoms with van der Waals surface area (Å²) >= 11 is 2.33. The molecule has 0 fully saturated rings. The lowest BCUT2D eigenvalue weighted by Crippen LogP contribution is -2.21. The van der Waals surface area contributed by atoms with Gasteiger partial charge < -0.3 is 4.74 Å². The van der Waals surface area contributed by atoms with E-state index in [0.717, 1.165) is 35.0 Å². The number of allylic oxidation sites excluding steroid dienone is 1. The van der Waals surface area contributed by atoms with Gasteiger partial charge in [0.2, 0.25) is 0 Å². The van der Waals surface area contributed by atoms with Crippen LogP contribution in [0.4, 0.5) is 0 Å². The molecule has 0 saturated heterocycles. The van der Waals surface area contributed by atoms with Crippen molar-refractivity contribution in [3.05, 3.63) is 11.3 Å². The summed E-state index contributed by atoms with van der Waals surface area (Å²) in [5.41, 5.74) is 0.994. The first kappa shape index (κ1) is 11.4. The van der Waals surface area contributed by atoms with Crippen molar-refractivity contribution in [3.8, 4) is 0 Å². The molecule has 0 bridgehead atoms. The van der Waals surface area contributed by atoms with E-state index in [1.807, 2.05) is 0 Å². The number of hydrogen-bond donors (Lipinski definition) is 0. The number of ketones is 1. The van der Waals surface area contributed by atoms with E-state index in [1.54, 1.807) is 0 Å². The molecule has 0 radical (unpaired) electrons. The molecule has 0 N–H and O–H groups in total. The third kappa shape index (κ3) is 2.22. The fourth-order valence-corrected chi connectivity index (χ4v) is 2.82. The highest BCUT2D eigenvalue weighted by Gasteiger charge is 2.36. The maximum Gasteiger partial charge on any atom is 0.162 e. The molecule has 2 rings (SSSR count). The number of halogens is 1. The lowest BCUT2D eigenvalue weighted by Gasteiger charge is -2.25.